The van der Waals surface area contributed by atoms with Gasteiger partial charge in [-0.1, -0.05) is 18.5 Å². The van der Waals surface area contributed by atoms with Gasteiger partial charge in [0.15, 0.2) is 6.61 Å². The lowest BCUT2D eigenvalue weighted by molar-refractivity contribution is -0.123. The van der Waals surface area contributed by atoms with Gasteiger partial charge < -0.3 is 10.1 Å². The van der Waals surface area contributed by atoms with E-state index in [4.69, 9.17) is 16.3 Å². The van der Waals surface area contributed by atoms with Crippen molar-refractivity contribution in [1.29, 1.82) is 0 Å². The standard InChI is InChI=1S/C11H13ClFNO2/c1-2-5-14-11(15)7-16-8-3-4-9(12)10(13)6-8/h3-4,6H,2,5,7H2,1H3,(H,14,15). The molecule has 88 valence electrons. The molecule has 0 unspecified atom stereocenters. The van der Waals surface area contributed by atoms with Crippen molar-refractivity contribution >= 4 is 17.5 Å². The van der Waals surface area contributed by atoms with E-state index < -0.39 is 5.82 Å². The first-order valence-corrected chi connectivity index (χ1v) is 5.36. The second-order valence-electron chi connectivity index (χ2n) is 3.21. The lowest BCUT2D eigenvalue weighted by Crippen LogP contribution is -2.29. The van der Waals surface area contributed by atoms with Gasteiger partial charge in [-0.2, -0.15) is 0 Å². The minimum atomic E-state index is -0.562. The van der Waals surface area contributed by atoms with Crippen LogP contribution < -0.4 is 10.1 Å². The van der Waals surface area contributed by atoms with Gasteiger partial charge in [0, 0.05) is 12.6 Å². The molecule has 0 saturated carbocycles. The fourth-order valence-electron chi connectivity index (χ4n) is 1.03. The number of carbonyl (C=O) groups is 1. The van der Waals surface area contributed by atoms with Crippen LogP contribution in [0.1, 0.15) is 13.3 Å². The summed E-state index contributed by atoms with van der Waals surface area (Å²) in [6.07, 6.45) is 0.862. The smallest absolute Gasteiger partial charge is 0.257 e. The predicted molar refractivity (Wildman–Crippen MR) is 60.2 cm³/mol. The molecule has 0 aliphatic heterocycles. The number of benzene rings is 1. The van der Waals surface area contributed by atoms with Crippen LogP contribution in [0.2, 0.25) is 5.02 Å². The molecule has 1 amide bonds. The zero-order valence-electron chi connectivity index (χ0n) is 8.93. The molecule has 0 aliphatic carbocycles. The molecule has 1 N–H and O–H groups in total. The second kappa shape index (κ2) is 6.33. The highest BCUT2D eigenvalue weighted by molar-refractivity contribution is 6.30. The van der Waals surface area contributed by atoms with Crippen LogP contribution in [-0.4, -0.2) is 19.1 Å². The fourth-order valence-corrected chi connectivity index (χ4v) is 1.15. The number of ether oxygens (including phenoxy) is 1. The maximum atomic E-state index is 13.0. The molecule has 0 radical (unpaired) electrons. The van der Waals surface area contributed by atoms with Crippen LogP contribution in [0.3, 0.4) is 0 Å². The van der Waals surface area contributed by atoms with Crippen LogP contribution >= 0.6 is 11.6 Å². The Hall–Kier alpha value is -1.29. The van der Waals surface area contributed by atoms with Gasteiger partial charge in [0.2, 0.25) is 0 Å². The summed E-state index contributed by atoms with van der Waals surface area (Å²) < 4.78 is 18.1. The van der Waals surface area contributed by atoms with Gasteiger partial charge >= 0.3 is 0 Å². The summed E-state index contributed by atoms with van der Waals surface area (Å²) in [5, 5.41) is 2.68. The summed E-state index contributed by atoms with van der Waals surface area (Å²) in [5.41, 5.74) is 0. The van der Waals surface area contributed by atoms with Gasteiger partial charge in [0.05, 0.1) is 5.02 Å². The number of hydrogen-bond acceptors (Lipinski definition) is 2. The maximum absolute atomic E-state index is 13.0. The lowest BCUT2D eigenvalue weighted by Gasteiger charge is -2.06. The Morgan fingerprint density at radius 3 is 2.94 bits per heavy atom. The molecule has 0 atom stereocenters. The third kappa shape index (κ3) is 4.06. The molecule has 3 nitrogen and oxygen atoms in total. The number of amides is 1. The first-order chi connectivity index (χ1) is 7.63. The van der Waals surface area contributed by atoms with Gasteiger partial charge in [0.25, 0.3) is 5.91 Å². The van der Waals surface area contributed by atoms with Crippen LogP contribution in [0.5, 0.6) is 5.75 Å². The number of nitrogens with one attached hydrogen (secondary N) is 1. The van der Waals surface area contributed by atoms with Crippen molar-refractivity contribution in [2.24, 2.45) is 0 Å². The summed E-state index contributed by atoms with van der Waals surface area (Å²) >= 11 is 5.50. The largest absolute Gasteiger partial charge is 0.484 e. The molecule has 0 saturated heterocycles. The zero-order chi connectivity index (χ0) is 12.0. The van der Waals surface area contributed by atoms with Gasteiger partial charge in [0.1, 0.15) is 11.6 Å². The maximum Gasteiger partial charge on any atom is 0.257 e. The minimum Gasteiger partial charge on any atom is -0.484 e. The van der Waals surface area contributed by atoms with Crippen LogP contribution in [0, 0.1) is 5.82 Å². The van der Waals surface area contributed by atoms with E-state index in [2.05, 4.69) is 5.32 Å². The molecule has 5 heteroatoms. The van der Waals surface area contributed by atoms with Gasteiger partial charge in [-0.3, -0.25) is 4.79 Å². The zero-order valence-corrected chi connectivity index (χ0v) is 9.68. The van der Waals surface area contributed by atoms with E-state index in [1.807, 2.05) is 6.92 Å². The van der Waals surface area contributed by atoms with Crippen molar-refractivity contribution in [1.82, 2.24) is 5.32 Å². The molecule has 0 aliphatic rings. The van der Waals surface area contributed by atoms with E-state index in [0.29, 0.717) is 6.54 Å². The summed E-state index contributed by atoms with van der Waals surface area (Å²) in [7, 11) is 0. The lowest BCUT2D eigenvalue weighted by atomic mass is 10.3. The van der Waals surface area contributed by atoms with Crippen molar-refractivity contribution < 1.29 is 13.9 Å². The highest BCUT2D eigenvalue weighted by Gasteiger charge is 2.04. The quantitative estimate of drug-likeness (QED) is 0.865. The van der Waals surface area contributed by atoms with E-state index in [1.54, 1.807) is 0 Å². The summed E-state index contributed by atoms with van der Waals surface area (Å²) in [6.45, 7) is 2.44. The molecular formula is C11H13ClFNO2. The Morgan fingerprint density at radius 1 is 1.56 bits per heavy atom. The third-order valence-electron chi connectivity index (χ3n) is 1.83. The second-order valence-corrected chi connectivity index (χ2v) is 3.62. The van der Waals surface area contributed by atoms with Crippen LogP contribution in [-0.2, 0) is 4.79 Å². The Bertz CT molecular complexity index is 371. The Kier molecular flexibility index (Phi) is 5.05. The summed E-state index contributed by atoms with van der Waals surface area (Å²) in [4.78, 5) is 11.2. The van der Waals surface area contributed by atoms with Crippen molar-refractivity contribution in [3.63, 3.8) is 0 Å². The number of hydrogen-bond donors (Lipinski definition) is 1. The molecule has 1 aromatic rings. The molecule has 0 fully saturated rings. The van der Waals surface area contributed by atoms with E-state index >= 15 is 0 Å². The Morgan fingerprint density at radius 2 is 2.31 bits per heavy atom. The number of halogens is 2. The van der Waals surface area contributed by atoms with Crippen LogP contribution in [0.25, 0.3) is 0 Å². The van der Waals surface area contributed by atoms with E-state index in [9.17, 15) is 9.18 Å². The van der Waals surface area contributed by atoms with E-state index in [0.717, 1.165) is 12.5 Å². The summed E-state index contributed by atoms with van der Waals surface area (Å²) in [5.74, 6) is -0.501. The van der Waals surface area contributed by atoms with Gasteiger partial charge in [-0.25, -0.2) is 4.39 Å². The molecule has 1 rings (SSSR count). The molecule has 0 bridgehead atoms. The van der Waals surface area contributed by atoms with E-state index in [-0.39, 0.29) is 23.3 Å². The Labute approximate surface area is 98.5 Å². The number of carbonyl (C=O) groups excluding carboxylic acids is 1. The molecule has 1 aromatic carbocycles. The SMILES string of the molecule is CCCNC(=O)COc1ccc(Cl)c(F)c1. The van der Waals surface area contributed by atoms with Crippen molar-refractivity contribution in [2.45, 2.75) is 13.3 Å². The van der Waals surface area contributed by atoms with E-state index in [1.165, 1.54) is 12.1 Å². The molecular weight excluding hydrogens is 233 g/mol. The minimum absolute atomic E-state index is 0.0304. The highest BCUT2D eigenvalue weighted by atomic mass is 35.5. The fraction of sp³-hybridized carbons (Fsp3) is 0.364. The first-order valence-electron chi connectivity index (χ1n) is 4.98. The van der Waals surface area contributed by atoms with Gasteiger partial charge in [-0.15, -0.1) is 0 Å². The Balaban J connectivity index is 2.42. The van der Waals surface area contributed by atoms with Crippen molar-refractivity contribution in [2.75, 3.05) is 13.2 Å². The average Bonchev–Trinajstić information content (AvgIpc) is 2.28. The highest BCUT2D eigenvalue weighted by Crippen LogP contribution is 2.20. The number of rotatable bonds is 5. The average molecular weight is 246 g/mol. The molecule has 0 heterocycles. The van der Waals surface area contributed by atoms with Crippen LogP contribution in [0.4, 0.5) is 4.39 Å². The topological polar surface area (TPSA) is 38.3 Å². The van der Waals surface area contributed by atoms with Crippen molar-refractivity contribution in [3.8, 4) is 5.75 Å². The summed E-state index contributed by atoms with van der Waals surface area (Å²) in [6, 6.07) is 4.05. The monoisotopic (exact) mass is 245 g/mol. The normalized spacial score (nSPS) is 9.94. The van der Waals surface area contributed by atoms with Crippen LogP contribution in [0.15, 0.2) is 18.2 Å². The van der Waals surface area contributed by atoms with Gasteiger partial charge in [-0.05, 0) is 18.6 Å². The van der Waals surface area contributed by atoms with Crippen molar-refractivity contribution in [3.05, 3.63) is 29.0 Å². The molecule has 16 heavy (non-hydrogen) atoms. The predicted octanol–water partition coefficient (Wildman–Crippen LogP) is 2.38. The first kappa shape index (κ1) is 12.8. The molecule has 0 aromatic heterocycles. The molecule has 0 spiro atoms. The third-order valence-corrected chi connectivity index (χ3v) is 2.14.